The SMILES string of the molecule is O=C(CSCc1cccc(Cl)c1)N1C[C@H]2CNC[C@H]2C1. The summed E-state index contributed by atoms with van der Waals surface area (Å²) in [6, 6.07) is 7.84. The molecular weight excluding hydrogens is 292 g/mol. The van der Waals surface area contributed by atoms with Crippen LogP contribution in [0.2, 0.25) is 5.02 Å². The number of halogens is 1. The Balaban J connectivity index is 1.43. The number of fused-ring (bicyclic) bond motifs is 1. The number of thioether (sulfide) groups is 1. The monoisotopic (exact) mass is 310 g/mol. The minimum Gasteiger partial charge on any atom is -0.341 e. The molecule has 0 aromatic heterocycles. The molecular formula is C15H19ClN2OS. The molecule has 2 atom stereocenters. The Morgan fingerprint density at radius 2 is 2.10 bits per heavy atom. The molecule has 1 aromatic carbocycles. The predicted molar refractivity (Wildman–Crippen MR) is 84.0 cm³/mol. The lowest BCUT2D eigenvalue weighted by Crippen LogP contribution is -2.33. The zero-order valence-corrected chi connectivity index (χ0v) is 12.9. The van der Waals surface area contributed by atoms with Crippen molar-refractivity contribution in [3.05, 3.63) is 34.9 Å². The molecule has 0 bridgehead atoms. The highest BCUT2D eigenvalue weighted by atomic mass is 35.5. The number of amides is 1. The van der Waals surface area contributed by atoms with E-state index in [-0.39, 0.29) is 5.91 Å². The van der Waals surface area contributed by atoms with E-state index in [1.807, 2.05) is 23.1 Å². The normalized spacial score (nSPS) is 24.9. The molecule has 1 amide bonds. The zero-order chi connectivity index (χ0) is 13.9. The van der Waals surface area contributed by atoms with Crippen molar-refractivity contribution in [3.63, 3.8) is 0 Å². The molecule has 2 fully saturated rings. The first-order chi connectivity index (χ1) is 9.72. The third-order valence-corrected chi connectivity index (χ3v) is 5.35. The fraction of sp³-hybridized carbons (Fsp3) is 0.533. The highest BCUT2D eigenvalue weighted by Crippen LogP contribution is 2.27. The van der Waals surface area contributed by atoms with Gasteiger partial charge in [-0.1, -0.05) is 23.7 Å². The summed E-state index contributed by atoms with van der Waals surface area (Å²) in [4.78, 5) is 14.2. The van der Waals surface area contributed by atoms with E-state index < -0.39 is 0 Å². The second kappa shape index (κ2) is 6.37. The average Bonchev–Trinajstić information content (AvgIpc) is 2.99. The Hall–Kier alpha value is -0.710. The fourth-order valence-electron chi connectivity index (χ4n) is 3.03. The van der Waals surface area contributed by atoms with Gasteiger partial charge in [-0.25, -0.2) is 0 Å². The van der Waals surface area contributed by atoms with Gasteiger partial charge in [0.15, 0.2) is 0 Å². The van der Waals surface area contributed by atoms with Crippen molar-refractivity contribution in [2.75, 3.05) is 31.9 Å². The maximum atomic E-state index is 12.2. The molecule has 0 unspecified atom stereocenters. The highest BCUT2D eigenvalue weighted by molar-refractivity contribution is 7.99. The van der Waals surface area contributed by atoms with Crippen LogP contribution >= 0.6 is 23.4 Å². The van der Waals surface area contributed by atoms with Crippen molar-refractivity contribution in [1.29, 1.82) is 0 Å². The molecule has 2 heterocycles. The summed E-state index contributed by atoms with van der Waals surface area (Å²) in [5.41, 5.74) is 1.18. The lowest BCUT2D eigenvalue weighted by molar-refractivity contribution is -0.127. The molecule has 5 heteroatoms. The van der Waals surface area contributed by atoms with Gasteiger partial charge >= 0.3 is 0 Å². The minimum atomic E-state index is 0.284. The Morgan fingerprint density at radius 1 is 1.35 bits per heavy atom. The van der Waals surface area contributed by atoms with Crippen molar-refractivity contribution in [3.8, 4) is 0 Å². The van der Waals surface area contributed by atoms with Crippen LogP contribution in [-0.2, 0) is 10.5 Å². The van der Waals surface area contributed by atoms with Crippen molar-refractivity contribution in [2.24, 2.45) is 11.8 Å². The molecule has 0 spiro atoms. The van der Waals surface area contributed by atoms with E-state index in [0.717, 1.165) is 37.0 Å². The molecule has 0 saturated carbocycles. The van der Waals surface area contributed by atoms with Gasteiger partial charge in [0.1, 0.15) is 0 Å². The summed E-state index contributed by atoms with van der Waals surface area (Å²) in [6.45, 7) is 4.02. The maximum absolute atomic E-state index is 12.2. The molecule has 2 aliphatic heterocycles. The molecule has 2 aliphatic rings. The first kappa shape index (κ1) is 14.2. The lowest BCUT2D eigenvalue weighted by atomic mass is 10.0. The van der Waals surface area contributed by atoms with Crippen LogP contribution in [0.4, 0.5) is 0 Å². The van der Waals surface area contributed by atoms with Crippen molar-refractivity contribution < 1.29 is 4.79 Å². The molecule has 3 rings (SSSR count). The largest absolute Gasteiger partial charge is 0.341 e. The van der Waals surface area contributed by atoms with Gasteiger partial charge in [0.25, 0.3) is 0 Å². The molecule has 1 N–H and O–H groups in total. The summed E-state index contributed by atoms with van der Waals surface area (Å²) in [5, 5.41) is 4.16. The summed E-state index contributed by atoms with van der Waals surface area (Å²) in [5.74, 6) is 3.05. The van der Waals surface area contributed by atoms with E-state index in [9.17, 15) is 4.79 Å². The number of benzene rings is 1. The number of hydrogen-bond donors (Lipinski definition) is 1. The van der Waals surface area contributed by atoms with Crippen LogP contribution in [-0.4, -0.2) is 42.7 Å². The maximum Gasteiger partial charge on any atom is 0.232 e. The van der Waals surface area contributed by atoms with Gasteiger partial charge in [-0.15, -0.1) is 11.8 Å². The second-order valence-electron chi connectivity index (χ2n) is 5.60. The highest BCUT2D eigenvalue weighted by Gasteiger charge is 2.37. The number of rotatable bonds is 4. The number of carbonyl (C=O) groups is 1. The number of hydrogen-bond acceptors (Lipinski definition) is 3. The smallest absolute Gasteiger partial charge is 0.232 e. The van der Waals surface area contributed by atoms with Crippen LogP contribution in [0.1, 0.15) is 5.56 Å². The van der Waals surface area contributed by atoms with Crippen LogP contribution in [0.25, 0.3) is 0 Å². The standard InChI is InChI=1S/C15H19ClN2OS/c16-14-3-1-2-11(4-14)9-20-10-15(19)18-7-12-5-17-6-13(12)8-18/h1-4,12-13,17H,5-10H2/t12-,13+. The van der Waals surface area contributed by atoms with Crippen molar-refractivity contribution in [2.45, 2.75) is 5.75 Å². The second-order valence-corrected chi connectivity index (χ2v) is 7.02. The van der Waals surface area contributed by atoms with Gasteiger partial charge in [-0.3, -0.25) is 4.79 Å². The summed E-state index contributed by atoms with van der Waals surface area (Å²) in [7, 11) is 0. The number of carbonyl (C=O) groups excluding carboxylic acids is 1. The zero-order valence-electron chi connectivity index (χ0n) is 11.3. The summed E-state index contributed by atoms with van der Waals surface area (Å²) in [6.07, 6.45) is 0. The third-order valence-electron chi connectivity index (χ3n) is 4.13. The molecule has 1 aromatic rings. The number of nitrogens with one attached hydrogen (secondary N) is 1. The van der Waals surface area contributed by atoms with E-state index in [0.29, 0.717) is 17.6 Å². The first-order valence-electron chi connectivity index (χ1n) is 7.03. The van der Waals surface area contributed by atoms with Crippen LogP contribution in [0.3, 0.4) is 0 Å². The topological polar surface area (TPSA) is 32.3 Å². The van der Waals surface area contributed by atoms with Gasteiger partial charge in [0.2, 0.25) is 5.91 Å². The summed E-state index contributed by atoms with van der Waals surface area (Å²) >= 11 is 7.63. The van der Waals surface area contributed by atoms with Gasteiger partial charge < -0.3 is 10.2 Å². The Labute approximate surface area is 129 Å². The molecule has 20 heavy (non-hydrogen) atoms. The van der Waals surface area contributed by atoms with E-state index in [1.54, 1.807) is 11.8 Å². The van der Waals surface area contributed by atoms with E-state index in [1.165, 1.54) is 5.56 Å². The molecule has 2 saturated heterocycles. The number of likely N-dealkylation sites (tertiary alicyclic amines) is 1. The Bertz CT molecular complexity index is 485. The van der Waals surface area contributed by atoms with Crippen molar-refractivity contribution >= 4 is 29.3 Å². The average molecular weight is 311 g/mol. The van der Waals surface area contributed by atoms with Gasteiger partial charge in [-0.2, -0.15) is 0 Å². The van der Waals surface area contributed by atoms with Gasteiger partial charge in [0, 0.05) is 37.0 Å². The fourth-order valence-corrected chi connectivity index (χ4v) is 4.12. The van der Waals surface area contributed by atoms with Crippen LogP contribution in [0.15, 0.2) is 24.3 Å². The van der Waals surface area contributed by atoms with Gasteiger partial charge in [0.05, 0.1) is 5.75 Å². The lowest BCUT2D eigenvalue weighted by Gasteiger charge is -2.17. The molecule has 0 aliphatic carbocycles. The number of nitrogens with zero attached hydrogens (tertiary/aromatic N) is 1. The van der Waals surface area contributed by atoms with Crippen LogP contribution in [0.5, 0.6) is 0 Å². The van der Waals surface area contributed by atoms with Crippen molar-refractivity contribution in [1.82, 2.24) is 10.2 Å². The predicted octanol–water partition coefficient (Wildman–Crippen LogP) is 2.25. The Morgan fingerprint density at radius 3 is 2.80 bits per heavy atom. The van der Waals surface area contributed by atoms with E-state index >= 15 is 0 Å². The van der Waals surface area contributed by atoms with Crippen LogP contribution in [0, 0.1) is 11.8 Å². The molecule has 108 valence electrons. The summed E-state index contributed by atoms with van der Waals surface area (Å²) < 4.78 is 0. The van der Waals surface area contributed by atoms with Gasteiger partial charge in [-0.05, 0) is 29.5 Å². The Kier molecular flexibility index (Phi) is 4.54. The van der Waals surface area contributed by atoms with E-state index in [4.69, 9.17) is 11.6 Å². The first-order valence-corrected chi connectivity index (χ1v) is 8.56. The molecule has 3 nitrogen and oxygen atoms in total. The molecule has 0 radical (unpaired) electrons. The van der Waals surface area contributed by atoms with E-state index in [2.05, 4.69) is 11.4 Å². The quantitative estimate of drug-likeness (QED) is 0.926. The third kappa shape index (κ3) is 3.30. The van der Waals surface area contributed by atoms with Crippen LogP contribution < -0.4 is 5.32 Å². The minimum absolute atomic E-state index is 0.284.